The minimum Gasteiger partial charge on any atom is -0.370 e. The van der Waals surface area contributed by atoms with Gasteiger partial charge in [0.25, 0.3) is 5.91 Å². The van der Waals surface area contributed by atoms with Gasteiger partial charge in [-0.25, -0.2) is 9.97 Å². The van der Waals surface area contributed by atoms with Crippen LogP contribution < -0.4 is 10.6 Å². The minimum atomic E-state index is -0.326. The summed E-state index contributed by atoms with van der Waals surface area (Å²) in [5, 5.41) is 6.76. The second-order valence-electron chi connectivity index (χ2n) is 5.05. The predicted molar refractivity (Wildman–Crippen MR) is 94.6 cm³/mol. The molecule has 0 saturated carbocycles. The van der Waals surface area contributed by atoms with Gasteiger partial charge >= 0.3 is 0 Å². The number of anilines is 2. The summed E-state index contributed by atoms with van der Waals surface area (Å²) in [5.41, 5.74) is 0.851. The molecule has 0 aliphatic heterocycles. The zero-order valence-electron chi connectivity index (χ0n) is 13.0. The maximum atomic E-state index is 12.3. The largest absolute Gasteiger partial charge is 0.370 e. The highest BCUT2D eigenvalue weighted by atomic mass is 35.5. The van der Waals surface area contributed by atoms with Crippen LogP contribution in [-0.2, 0) is 0 Å². The molecule has 2 rings (SSSR count). The summed E-state index contributed by atoms with van der Waals surface area (Å²) in [6, 6.07) is 6.54. The third-order valence-electron chi connectivity index (χ3n) is 3.08. The first-order valence-corrected chi connectivity index (χ1v) is 8.11. The quantitative estimate of drug-likeness (QED) is 0.748. The van der Waals surface area contributed by atoms with Crippen LogP contribution in [-0.4, -0.2) is 22.4 Å². The molecule has 0 atom stereocenters. The lowest BCUT2D eigenvalue weighted by Crippen LogP contribution is -2.16. The number of nitrogens with zero attached hydrogens (tertiary/aromatic N) is 2. The summed E-state index contributed by atoms with van der Waals surface area (Å²) in [4.78, 5) is 20.8. The van der Waals surface area contributed by atoms with Gasteiger partial charge in [0.1, 0.15) is 17.3 Å². The van der Waals surface area contributed by atoms with E-state index in [2.05, 4.69) is 27.5 Å². The maximum absolute atomic E-state index is 12.3. The topological polar surface area (TPSA) is 66.9 Å². The molecule has 23 heavy (non-hydrogen) atoms. The number of carbonyl (C=O) groups is 1. The lowest BCUT2D eigenvalue weighted by molar-refractivity contribution is 0.102. The standard InChI is InChI=1S/C16H18Cl2N4O/c1-3-4-7-19-15-9-14(20-10(2)21-15)16(23)22-11-5-6-12(17)13(18)8-11/h5-6,8-9H,3-4,7H2,1-2H3,(H,22,23)(H,19,20,21). The van der Waals surface area contributed by atoms with Crippen molar-refractivity contribution in [2.24, 2.45) is 0 Å². The SMILES string of the molecule is CCCCNc1cc(C(=O)Nc2ccc(Cl)c(Cl)c2)nc(C)n1. The molecule has 0 fully saturated rings. The van der Waals surface area contributed by atoms with Crippen molar-refractivity contribution in [2.75, 3.05) is 17.2 Å². The van der Waals surface area contributed by atoms with E-state index in [-0.39, 0.29) is 5.91 Å². The number of benzene rings is 1. The van der Waals surface area contributed by atoms with E-state index in [1.54, 1.807) is 31.2 Å². The van der Waals surface area contributed by atoms with Crippen LogP contribution in [0.2, 0.25) is 10.0 Å². The number of hydrogen-bond donors (Lipinski definition) is 2. The Bertz CT molecular complexity index is 706. The van der Waals surface area contributed by atoms with Gasteiger partial charge < -0.3 is 10.6 Å². The Balaban J connectivity index is 2.13. The van der Waals surface area contributed by atoms with Crippen LogP contribution in [0.15, 0.2) is 24.3 Å². The number of nitrogens with one attached hydrogen (secondary N) is 2. The van der Waals surface area contributed by atoms with Crippen LogP contribution in [0.4, 0.5) is 11.5 Å². The highest BCUT2D eigenvalue weighted by molar-refractivity contribution is 6.42. The third kappa shape index (κ3) is 5.08. The lowest BCUT2D eigenvalue weighted by Gasteiger charge is -2.09. The predicted octanol–water partition coefficient (Wildman–Crippen LogP) is 4.56. The van der Waals surface area contributed by atoms with Crippen LogP contribution in [0.1, 0.15) is 36.1 Å². The molecule has 1 amide bonds. The molecule has 122 valence electrons. The molecule has 2 aromatic rings. The van der Waals surface area contributed by atoms with E-state index in [0.717, 1.165) is 19.4 Å². The van der Waals surface area contributed by atoms with Crippen LogP contribution in [0, 0.1) is 6.92 Å². The number of aromatic nitrogens is 2. The Morgan fingerprint density at radius 1 is 1.17 bits per heavy atom. The van der Waals surface area contributed by atoms with Crippen molar-refractivity contribution in [3.05, 3.63) is 45.8 Å². The van der Waals surface area contributed by atoms with Crippen molar-refractivity contribution < 1.29 is 4.79 Å². The zero-order chi connectivity index (χ0) is 16.8. The van der Waals surface area contributed by atoms with Crippen molar-refractivity contribution in [2.45, 2.75) is 26.7 Å². The fraction of sp³-hybridized carbons (Fsp3) is 0.312. The van der Waals surface area contributed by atoms with E-state index >= 15 is 0 Å². The van der Waals surface area contributed by atoms with E-state index in [0.29, 0.717) is 33.1 Å². The fourth-order valence-corrected chi connectivity index (χ4v) is 2.23. The first-order chi connectivity index (χ1) is 11.0. The normalized spacial score (nSPS) is 10.4. The summed E-state index contributed by atoms with van der Waals surface area (Å²) in [6.45, 7) is 4.67. The maximum Gasteiger partial charge on any atom is 0.274 e. The first-order valence-electron chi connectivity index (χ1n) is 7.35. The number of amides is 1. The molecule has 1 aromatic heterocycles. The summed E-state index contributed by atoms with van der Waals surface area (Å²) in [6.07, 6.45) is 2.12. The van der Waals surface area contributed by atoms with Gasteiger partial charge in [0.2, 0.25) is 0 Å². The van der Waals surface area contributed by atoms with Gasteiger partial charge in [0.05, 0.1) is 10.0 Å². The molecular weight excluding hydrogens is 335 g/mol. The van der Waals surface area contributed by atoms with Gasteiger partial charge in [-0.3, -0.25) is 4.79 Å². The molecule has 0 unspecified atom stereocenters. The Hall–Kier alpha value is -1.85. The monoisotopic (exact) mass is 352 g/mol. The Labute approximate surface area is 145 Å². The Morgan fingerprint density at radius 2 is 1.96 bits per heavy atom. The van der Waals surface area contributed by atoms with Gasteiger partial charge in [-0.05, 0) is 31.5 Å². The fourth-order valence-electron chi connectivity index (χ4n) is 1.94. The third-order valence-corrected chi connectivity index (χ3v) is 3.82. The number of unbranched alkanes of at least 4 members (excludes halogenated alkanes) is 1. The zero-order valence-corrected chi connectivity index (χ0v) is 14.5. The first kappa shape index (κ1) is 17.5. The Kier molecular flexibility index (Phi) is 6.19. The summed E-state index contributed by atoms with van der Waals surface area (Å²) in [5.74, 6) is 0.850. The van der Waals surface area contributed by atoms with E-state index in [4.69, 9.17) is 23.2 Å². The number of halogens is 2. The summed E-state index contributed by atoms with van der Waals surface area (Å²) >= 11 is 11.8. The van der Waals surface area contributed by atoms with Crippen molar-refractivity contribution in [1.29, 1.82) is 0 Å². The van der Waals surface area contributed by atoms with E-state index in [9.17, 15) is 4.79 Å². The number of carbonyl (C=O) groups excluding carboxylic acids is 1. The van der Waals surface area contributed by atoms with Crippen LogP contribution in [0.25, 0.3) is 0 Å². The van der Waals surface area contributed by atoms with E-state index in [1.165, 1.54) is 0 Å². The van der Waals surface area contributed by atoms with Crippen molar-refractivity contribution in [3.63, 3.8) is 0 Å². The molecule has 0 saturated heterocycles. The summed E-state index contributed by atoms with van der Waals surface area (Å²) < 4.78 is 0. The van der Waals surface area contributed by atoms with Crippen molar-refractivity contribution in [3.8, 4) is 0 Å². The van der Waals surface area contributed by atoms with E-state index in [1.807, 2.05) is 0 Å². The summed E-state index contributed by atoms with van der Waals surface area (Å²) in [7, 11) is 0. The second kappa shape index (κ2) is 8.13. The number of aryl methyl sites for hydroxylation is 1. The molecule has 1 heterocycles. The van der Waals surface area contributed by atoms with Crippen molar-refractivity contribution in [1.82, 2.24) is 9.97 Å². The molecule has 0 aliphatic rings. The van der Waals surface area contributed by atoms with Gasteiger partial charge in [0.15, 0.2) is 0 Å². The number of hydrogen-bond acceptors (Lipinski definition) is 4. The smallest absolute Gasteiger partial charge is 0.274 e. The highest BCUT2D eigenvalue weighted by Gasteiger charge is 2.11. The van der Waals surface area contributed by atoms with Gasteiger partial charge in [-0.2, -0.15) is 0 Å². The average molecular weight is 353 g/mol. The molecular formula is C16H18Cl2N4O. The second-order valence-corrected chi connectivity index (χ2v) is 5.86. The molecule has 0 bridgehead atoms. The molecule has 0 aliphatic carbocycles. The van der Waals surface area contributed by atoms with Crippen LogP contribution in [0.5, 0.6) is 0 Å². The lowest BCUT2D eigenvalue weighted by atomic mass is 10.3. The molecule has 5 nitrogen and oxygen atoms in total. The molecule has 2 N–H and O–H groups in total. The Morgan fingerprint density at radius 3 is 2.65 bits per heavy atom. The number of rotatable bonds is 6. The van der Waals surface area contributed by atoms with Crippen molar-refractivity contribution >= 4 is 40.6 Å². The average Bonchev–Trinajstić information content (AvgIpc) is 2.51. The van der Waals surface area contributed by atoms with E-state index < -0.39 is 0 Å². The molecule has 0 spiro atoms. The van der Waals surface area contributed by atoms with Crippen LogP contribution >= 0.6 is 23.2 Å². The molecule has 7 heteroatoms. The highest BCUT2D eigenvalue weighted by Crippen LogP contribution is 2.25. The van der Waals surface area contributed by atoms with Gasteiger partial charge in [0, 0.05) is 18.3 Å². The molecule has 1 aromatic carbocycles. The van der Waals surface area contributed by atoms with Gasteiger partial charge in [-0.15, -0.1) is 0 Å². The molecule has 0 radical (unpaired) electrons. The minimum absolute atomic E-state index is 0.294. The van der Waals surface area contributed by atoms with Crippen LogP contribution in [0.3, 0.4) is 0 Å². The van der Waals surface area contributed by atoms with Gasteiger partial charge in [-0.1, -0.05) is 36.5 Å².